The van der Waals surface area contributed by atoms with Crippen LogP contribution in [0.4, 0.5) is 4.79 Å². The minimum absolute atomic E-state index is 0.0318. The van der Waals surface area contributed by atoms with Crippen molar-refractivity contribution in [3.63, 3.8) is 0 Å². The molecule has 0 fully saturated rings. The highest BCUT2D eigenvalue weighted by Crippen LogP contribution is 2.26. The Morgan fingerprint density at radius 3 is 2.32 bits per heavy atom. The van der Waals surface area contributed by atoms with Crippen molar-refractivity contribution in [2.24, 2.45) is 5.90 Å². The van der Waals surface area contributed by atoms with Crippen LogP contribution >= 0.6 is 0 Å². The van der Waals surface area contributed by atoms with E-state index in [9.17, 15) is 14.4 Å². The Morgan fingerprint density at radius 1 is 1.07 bits per heavy atom. The van der Waals surface area contributed by atoms with E-state index in [-0.39, 0.29) is 19.6 Å². The normalized spacial score (nSPS) is 12.3. The van der Waals surface area contributed by atoms with Crippen LogP contribution in [0.2, 0.25) is 0 Å². The fourth-order valence-corrected chi connectivity index (χ4v) is 3.47. The molecule has 0 spiro atoms. The summed E-state index contributed by atoms with van der Waals surface area (Å²) in [5.41, 5.74) is 0.804. The molecule has 0 aliphatic heterocycles. The standard InChI is InChI=1S/C29H42N4O8/c1-8-16-37-25(34)17-23-22(18-33(32-23)15-9-14-31-27(36)40-29(5,6)7)20-10-12-21(13-11-20)38-19-24(41-30)26(35)39-28(2,3)4/h8,10-13,18,24H,1,9,14-17,19,30H2,2-7H3,(H,31,36). The molecule has 0 radical (unpaired) electrons. The lowest BCUT2D eigenvalue weighted by Gasteiger charge is -2.22. The van der Waals surface area contributed by atoms with Crippen LogP contribution in [-0.2, 0) is 41.6 Å². The van der Waals surface area contributed by atoms with Crippen LogP contribution in [0.15, 0.2) is 43.1 Å². The summed E-state index contributed by atoms with van der Waals surface area (Å²) in [4.78, 5) is 41.2. The summed E-state index contributed by atoms with van der Waals surface area (Å²) in [7, 11) is 0. The van der Waals surface area contributed by atoms with Crippen LogP contribution in [0.3, 0.4) is 0 Å². The van der Waals surface area contributed by atoms with Crippen LogP contribution < -0.4 is 16.0 Å². The zero-order valence-electron chi connectivity index (χ0n) is 24.7. The topological polar surface area (TPSA) is 153 Å². The van der Waals surface area contributed by atoms with Crippen molar-refractivity contribution in [1.82, 2.24) is 15.1 Å². The number of benzene rings is 1. The maximum atomic E-state index is 12.3. The van der Waals surface area contributed by atoms with Crippen LogP contribution in [0.25, 0.3) is 11.1 Å². The van der Waals surface area contributed by atoms with Gasteiger partial charge in [-0.15, -0.1) is 0 Å². The van der Waals surface area contributed by atoms with Gasteiger partial charge in [-0.3, -0.25) is 14.3 Å². The molecule has 1 aromatic carbocycles. The van der Waals surface area contributed by atoms with E-state index in [2.05, 4.69) is 17.0 Å². The molecule has 0 aliphatic carbocycles. The van der Waals surface area contributed by atoms with Crippen LogP contribution in [0.1, 0.15) is 53.7 Å². The zero-order chi connectivity index (χ0) is 30.6. The van der Waals surface area contributed by atoms with Gasteiger partial charge < -0.3 is 24.3 Å². The average molecular weight is 575 g/mol. The first kappa shape index (κ1) is 33.3. The highest BCUT2D eigenvalue weighted by atomic mass is 16.7. The average Bonchev–Trinajstić information content (AvgIpc) is 3.26. The minimum atomic E-state index is -1.09. The van der Waals surface area contributed by atoms with Gasteiger partial charge in [0, 0.05) is 24.8 Å². The van der Waals surface area contributed by atoms with E-state index in [1.165, 1.54) is 6.08 Å². The molecule has 3 N–H and O–H groups in total. The summed E-state index contributed by atoms with van der Waals surface area (Å²) in [5.74, 6) is 4.69. The van der Waals surface area contributed by atoms with E-state index in [1.54, 1.807) is 58.4 Å². The third kappa shape index (κ3) is 12.4. The second-order valence-electron chi connectivity index (χ2n) is 11.2. The van der Waals surface area contributed by atoms with Gasteiger partial charge >= 0.3 is 18.0 Å². The van der Waals surface area contributed by atoms with Crippen molar-refractivity contribution in [2.75, 3.05) is 19.8 Å². The van der Waals surface area contributed by atoms with E-state index < -0.39 is 35.3 Å². The number of carbonyl (C=O) groups is 3. The van der Waals surface area contributed by atoms with Crippen molar-refractivity contribution >= 4 is 18.0 Å². The predicted octanol–water partition coefficient (Wildman–Crippen LogP) is 3.72. The molecule has 12 nitrogen and oxygen atoms in total. The summed E-state index contributed by atoms with van der Waals surface area (Å²) in [6.07, 6.45) is 2.31. The summed E-state index contributed by atoms with van der Waals surface area (Å²) in [5, 5.41) is 7.31. The van der Waals surface area contributed by atoms with Gasteiger partial charge in [0.1, 0.15) is 30.2 Å². The second kappa shape index (κ2) is 15.2. The molecule has 1 unspecified atom stereocenters. The molecule has 0 saturated carbocycles. The smallest absolute Gasteiger partial charge is 0.407 e. The number of rotatable bonds is 14. The molecule has 0 aliphatic rings. The van der Waals surface area contributed by atoms with Crippen molar-refractivity contribution in [1.29, 1.82) is 0 Å². The zero-order valence-corrected chi connectivity index (χ0v) is 24.7. The summed E-state index contributed by atoms with van der Waals surface area (Å²) >= 11 is 0. The number of ether oxygens (including phenoxy) is 4. The third-order valence-corrected chi connectivity index (χ3v) is 5.14. The first-order chi connectivity index (χ1) is 19.2. The first-order valence-corrected chi connectivity index (χ1v) is 13.3. The fraction of sp³-hybridized carbons (Fsp3) is 0.517. The van der Waals surface area contributed by atoms with E-state index in [0.29, 0.717) is 31.0 Å². The lowest BCUT2D eigenvalue weighted by Crippen LogP contribution is -2.38. The maximum Gasteiger partial charge on any atom is 0.407 e. The van der Waals surface area contributed by atoms with Gasteiger partial charge in [0.25, 0.3) is 0 Å². The largest absolute Gasteiger partial charge is 0.490 e. The van der Waals surface area contributed by atoms with Crippen LogP contribution in [-0.4, -0.2) is 64.9 Å². The van der Waals surface area contributed by atoms with Gasteiger partial charge in [0.2, 0.25) is 6.10 Å². The van der Waals surface area contributed by atoms with Crippen LogP contribution in [0.5, 0.6) is 5.75 Å². The molecule has 2 aromatic rings. The Morgan fingerprint density at radius 2 is 1.73 bits per heavy atom. The number of hydrogen-bond acceptors (Lipinski definition) is 10. The van der Waals surface area contributed by atoms with Gasteiger partial charge in [-0.2, -0.15) is 5.10 Å². The molecule has 226 valence electrons. The number of nitrogens with one attached hydrogen (secondary N) is 1. The highest BCUT2D eigenvalue weighted by Gasteiger charge is 2.26. The Balaban J connectivity index is 2.10. The van der Waals surface area contributed by atoms with Gasteiger partial charge in [-0.05, 0) is 65.7 Å². The summed E-state index contributed by atoms with van der Waals surface area (Å²) in [6, 6.07) is 7.07. The minimum Gasteiger partial charge on any atom is -0.490 e. The molecule has 1 atom stereocenters. The molecule has 2 rings (SSSR count). The van der Waals surface area contributed by atoms with E-state index in [1.807, 2.05) is 18.3 Å². The Kier molecular flexibility index (Phi) is 12.3. The fourth-order valence-electron chi connectivity index (χ4n) is 3.47. The van der Waals surface area contributed by atoms with E-state index in [0.717, 1.165) is 11.1 Å². The highest BCUT2D eigenvalue weighted by molar-refractivity contribution is 5.77. The molecule has 12 heteroatoms. The molecular weight excluding hydrogens is 532 g/mol. The van der Waals surface area contributed by atoms with E-state index in [4.69, 9.17) is 29.7 Å². The number of aryl methyl sites for hydroxylation is 1. The van der Waals surface area contributed by atoms with Crippen molar-refractivity contribution in [2.45, 2.75) is 78.2 Å². The number of aromatic nitrogens is 2. The van der Waals surface area contributed by atoms with Crippen molar-refractivity contribution in [3.8, 4) is 16.9 Å². The van der Waals surface area contributed by atoms with Gasteiger partial charge in [-0.1, -0.05) is 24.8 Å². The predicted molar refractivity (Wildman–Crippen MR) is 152 cm³/mol. The number of amides is 1. The quantitative estimate of drug-likeness (QED) is 0.112. The molecule has 1 aromatic heterocycles. The monoisotopic (exact) mass is 574 g/mol. The number of hydrogen-bond donors (Lipinski definition) is 2. The van der Waals surface area contributed by atoms with Gasteiger partial charge in [-0.25, -0.2) is 15.5 Å². The number of nitrogens with zero attached hydrogens (tertiary/aromatic N) is 2. The molecular formula is C29H42N4O8. The lowest BCUT2D eigenvalue weighted by atomic mass is 10.0. The molecule has 1 heterocycles. The van der Waals surface area contributed by atoms with Crippen molar-refractivity contribution in [3.05, 3.63) is 48.8 Å². The lowest BCUT2D eigenvalue weighted by molar-refractivity contribution is -0.171. The summed E-state index contributed by atoms with van der Waals surface area (Å²) < 4.78 is 23.1. The summed E-state index contributed by atoms with van der Waals surface area (Å²) in [6.45, 7) is 15.0. The Bertz CT molecular complexity index is 1160. The first-order valence-electron chi connectivity index (χ1n) is 13.3. The Labute approximate surface area is 241 Å². The molecule has 41 heavy (non-hydrogen) atoms. The number of nitrogens with two attached hydrogens (primary N) is 1. The maximum absolute atomic E-state index is 12.3. The number of esters is 2. The van der Waals surface area contributed by atoms with Crippen LogP contribution in [0, 0.1) is 0 Å². The van der Waals surface area contributed by atoms with Gasteiger partial charge in [0.05, 0.1) is 12.1 Å². The third-order valence-electron chi connectivity index (χ3n) is 5.14. The SMILES string of the molecule is C=CCOC(=O)Cc1nn(CCCNC(=O)OC(C)(C)C)cc1-c1ccc(OCC(ON)C(=O)OC(C)(C)C)cc1. The number of alkyl carbamates (subject to hydrolysis) is 1. The van der Waals surface area contributed by atoms with Crippen molar-refractivity contribution < 1.29 is 38.2 Å². The molecule has 1 amide bonds. The molecule has 0 saturated heterocycles. The number of carbonyl (C=O) groups excluding carboxylic acids is 3. The van der Waals surface area contributed by atoms with E-state index >= 15 is 0 Å². The Hall–Kier alpha value is -3.90. The molecule has 0 bridgehead atoms. The second-order valence-corrected chi connectivity index (χ2v) is 11.2. The van der Waals surface area contributed by atoms with Gasteiger partial charge in [0.15, 0.2) is 0 Å².